The fraction of sp³-hybridized carbons (Fsp3) is 0.278. The van der Waals surface area contributed by atoms with Gasteiger partial charge in [-0.1, -0.05) is 26.0 Å². The minimum Gasteiger partial charge on any atom is -0.322 e. The molecule has 0 aliphatic carbocycles. The van der Waals surface area contributed by atoms with Gasteiger partial charge in [0.1, 0.15) is 6.54 Å². The van der Waals surface area contributed by atoms with Crippen LogP contribution in [0.4, 0.5) is 18.9 Å². The van der Waals surface area contributed by atoms with Crippen molar-refractivity contribution in [1.82, 2.24) is 4.72 Å². The standard InChI is InChI=1S/C18H19F3N2O3S/c1-12(2)13-3-5-14(6-4-13)17(24)23-15-7-9-16(10-8-15)27(25,26)22-11-18(19,20)21/h3-10,12,22H,11H2,1-2H3,(H,23,24). The number of amides is 1. The molecule has 146 valence electrons. The number of carbonyl (C=O) groups excluding carboxylic acids is 1. The van der Waals surface area contributed by atoms with Crippen molar-refractivity contribution in [2.75, 3.05) is 11.9 Å². The summed E-state index contributed by atoms with van der Waals surface area (Å²) in [6.45, 7) is 2.42. The van der Waals surface area contributed by atoms with Gasteiger partial charge in [-0.2, -0.15) is 13.2 Å². The van der Waals surface area contributed by atoms with Crippen molar-refractivity contribution >= 4 is 21.6 Å². The lowest BCUT2D eigenvalue weighted by Crippen LogP contribution is -2.33. The summed E-state index contributed by atoms with van der Waals surface area (Å²) in [5.74, 6) is -0.0429. The minimum absolute atomic E-state index is 0.322. The largest absolute Gasteiger partial charge is 0.402 e. The summed E-state index contributed by atoms with van der Waals surface area (Å²) in [6, 6.07) is 11.9. The molecule has 2 N–H and O–H groups in total. The first-order chi connectivity index (χ1) is 12.5. The van der Waals surface area contributed by atoms with Gasteiger partial charge in [0.15, 0.2) is 0 Å². The number of hydrogen-bond donors (Lipinski definition) is 2. The first-order valence-corrected chi connectivity index (χ1v) is 9.54. The molecule has 0 fully saturated rings. The molecule has 0 heterocycles. The van der Waals surface area contributed by atoms with Crippen molar-refractivity contribution in [3.63, 3.8) is 0 Å². The highest BCUT2D eigenvalue weighted by Crippen LogP contribution is 2.19. The molecule has 5 nitrogen and oxygen atoms in total. The number of halogens is 3. The zero-order valence-electron chi connectivity index (χ0n) is 14.7. The maximum absolute atomic E-state index is 12.2. The van der Waals surface area contributed by atoms with Crippen LogP contribution in [0.15, 0.2) is 53.4 Å². The molecule has 0 unspecified atom stereocenters. The van der Waals surface area contributed by atoms with E-state index in [1.165, 1.54) is 16.9 Å². The van der Waals surface area contributed by atoms with E-state index in [1.807, 2.05) is 26.0 Å². The maximum atomic E-state index is 12.2. The average molecular weight is 400 g/mol. The monoisotopic (exact) mass is 400 g/mol. The predicted octanol–water partition coefficient (Wildman–Crippen LogP) is 3.90. The highest BCUT2D eigenvalue weighted by atomic mass is 32.2. The van der Waals surface area contributed by atoms with E-state index in [9.17, 15) is 26.4 Å². The Kier molecular flexibility index (Phi) is 6.27. The average Bonchev–Trinajstić information content (AvgIpc) is 2.60. The third-order valence-electron chi connectivity index (χ3n) is 3.72. The lowest BCUT2D eigenvalue weighted by Gasteiger charge is -2.10. The van der Waals surface area contributed by atoms with Crippen LogP contribution in [0.1, 0.15) is 35.7 Å². The third-order valence-corrected chi connectivity index (χ3v) is 5.14. The second kappa shape index (κ2) is 8.10. The summed E-state index contributed by atoms with van der Waals surface area (Å²) < 4.78 is 61.6. The van der Waals surface area contributed by atoms with Crippen LogP contribution in [0.3, 0.4) is 0 Å². The summed E-state index contributed by atoms with van der Waals surface area (Å²) in [4.78, 5) is 11.9. The second-order valence-corrected chi connectivity index (χ2v) is 7.96. The molecule has 2 aromatic carbocycles. The number of sulfonamides is 1. The van der Waals surface area contributed by atoms with E-state index in [4.69, 9.17) is 0 Å². The first-order valence-electron chi connectivity index (χ1n) is 8.06. The van der Waals surface area contributed by atoms with Crippen molar-refractivity contribution < 1.29 is 26.4 Å². The van der Waals surface area contributed by atoms with Crippen LogP contribution in [-0.4, -0.2) is 27.0 Å². The van der Waals surface area contributed by atoms with Crippen molar-refractivity contribution in [1.29, 1.82) is 0 Å². The second-order valence-electron chi connectivity index (χ2n) is 6.19. The number of carbonyl (C=O) groups is 1. The lowest BCUT2D eigenvalue weighted by molar-refractivity contribution is -0.121. The highest BCUT2D eigenvalue weighted by Gasteiger charge is 2.30. The Balaban J connectivity index is 2.05. The van der Waals surface area contributed by atoms with Gasteiger partial charge < -0.3 is 5.32 Å². The van der Waals surface area contributed by atoms with E-state index in [0.29, 0.717) is 17.2 Å². The van der Waals surface area contributed by atoms with Crippen molar-refractivity contribution in [2.45, 2.75) is 30.8 Å². The molecule has 2 aromatic rings. The third kappa shape index (κ3) is 6.07. The summed E-state index contributed by atoms with van der Waals surface area (Å²) >= 11 is 0. The molecule has 0 atom stereocenters. The fourth-order valence-corrected chi connectivity index (χ4v) is 3.21. The smallest absolute Gasteiger partial charge is 0.322 e. The topological polar surface area (TPSA) is 75.3 Å². The fourth-order valence-electron chi connectivity index (χ4n) is 2.20. The van der Waals surface area contributed by atoms with Gasteiger partial charge in [0.2, 0.25) is 10.0 Å². The van der Waals surface area contributed by atoms with Gasteiger partial charge in [-0.05, 0) is 47.9 Å². The molecular formula is C18H19F3N2O3S. The number of anilines is 1. The van der Waals surface area contributed by atoms with E-state index < -0.39 is 22.7 Å². The molecule has 2 rings (SSSR count). The molecular weight excluding hydrogens is 381 g/mol. The van der Waals surface area contributed by atoms with E-state index in [2.05, 4.69) is 5.32 Å². The van der Waals surface area contributed by atoms with Gasteiger partial charge in [-0.25, -0.2) is 13.1 Å². The lowest BCUT2D eigenvalue weighted by atomic mass is 10.0. The van der Waals surface area contributed by atoms with Gasteiger partial charge >= 0.3 is 6.18 Å². The molecule has 0 spiro atoms. The van der Waals surface area contributed by atoms with Crippen LogP contribution >= 0.6 is 0 Å². The Hall–Kier alpha value is -2.39. The summed E-state index contributed by atoms with van der Waals surface area (Å²) in [6.07, 6.45) is -4.65. The van der Waals surface area contributed by atoms with Crippen LogP contribution in [0.5, 0.6) is 0 Å². The van der Waals surface area contributed by atoms with Crippen molar-refractivity contribution in [3.8, 4) is 0 Å². The van der Waals surface area contributed by atoms with Crippen LogP contribution in [0, 0.1) is 0 Å². The van der Waals surface area contributed by atoms with Gasteiger partial charge in [0.05, 0.1) is 4.90 Å². The SMILES string of the molecule is CC(C)c1ccc(C(=O)Nc2ccc(S(=O)(=O)NCC(F)(F)F)cc2)cc1. The summed E-state index contributed by atoms with van der Waals surface area (Å²) in [5.41, 5.74) is 1.85. The first kappa shape index (κ1) is 20.9. The van der Waals surface area contributed by atoms with E-state index in [0.717, 1.165) is 17.7 Å². The molecule has 0 aromatic heterocycles. The molecule has 9 heteroatoms. The maximum Gasteiger partial charge on any atom is 0.402 e. The van der Waals surface area contributed by atoms with Gasteiger partial charge in [0.25, 0.3) is 5.91 Å². The quantitative estimate of drug-likeness (QED) is 0.772. The minimum atomic E-state index is -4.65. The number of rotatable bonds is 6. The Bertz CT molecular complexity index is 891. The molecule has 0 bridgehead atoms. The number of nitrogens with one attached hydrogen (secondary N) is 2. The summed E-state index contributed by atoms with van der Waals surface area (Å²) in [5, 5.41) is 2.61. The highest BCUT2D eigenvalue weighted by molar-refractivity contribution is 7.89. The molecule has 0 aliphatic heterocycles. The van der Waals surface area contributed by atoms with Gasteiger partial charge in [-0.15, -0.1) is 0 Å². The molecule has 0 saturated carbocycles. The summed E-state index contributed by atoms with van der Waals surface area (Å²) in [7, 11) is -4.29. The predicted molar refractivity (Wildman–Crippen MR) is 96.2 cm³/mol. The Labute approximate surface area is 155 Å². The normalized spacial score (nSPS) is 12.2. The molecule has 0 radical (unpaired) electrons. The molecule has 0 saturated heterocycles. The van der Waals surface area contributed by atoms with Crippen LogP contribution in [0.2, 0.25) is 0 Å². The van der Waals surface area contributed by atoms with Crippen LogP contribution in [-0.2, 0) is 10.0 Å². The Morgan fingerprint density at radius 2 is 1.56 bits per heavy atom. The van der Waals surface area contributed by atoms with Gasteiger partial charge in [0, 0.05) is 11.3 Å². The van der Waals surface area contributed by atoms with Crippen molar-refractivity contribution in [2.24, 2.45) is 0 Å². The number of hydrogen-bond acceptors (Lipinski definition) is 3. The van der Waals surface area contributed by atoms with Crippen molar-refractivity contribution in [3.05, 3.63) is 59.7 Å². The zero-order valence-corrected chi connectivity index (χ0v) is 15.5. The van der Waals surface area contributed by atoms with E-state index in [1.54, 1.807) is 12.1 Å². The van der Waals surface area contributed by atoms with Gasteiger partial charge in [-0.3, -0.25) is 4.79 Å². The zero-order chi connectivity index (χ0) is 20.2. The molecule has 0 aliphatic rings. The Morgan fingerprint density at radius 3 is 2.04 bits per heavy atom. The van der Waals surface area contributed by atoms with Crippen LogP contribution < -0.4 is 10.0 Å². The number of alkyl halides is 3. The Morgan fingerprint density at radius 1 is 1.00 bits per heavy atom. The van der Waals surface area contributed by atoms with E-state index >= 15 is 0 Å². The number of benzene rings is 2. The van der Waals surface area contributed by atoms with Crippen LogP contribution in [0.25, 0.3) is 0 Å². The molecule has 27 heavy (non-hydrogen) atoms. The molecule has 1 amide bonds. The van der Waals surface area contributed by atoms with E-state index in [-0.39, 0.29) is 10.8 Å².